The molecule has 7 nitrogen and oxygen atoms in total. The van der Waals surface area contributed by atoms with Gasteiger partial charge in [-0.2, -0.15) is 5.10 Å². The normalized spacial score (nSPS) is 17.4. The van der Waals surface area contributed by atoms with Gasteiger partial charge < -0.3 is 15.5 Å². The van der Waals surface area contributed by atoms with Crippen LogP contribution in [0.1, 0.15) is 44.7 Å². The van der Waals surface area contributed by atoms with Gasteiger partial charge in [-0.25, -0.2) is 0 Å². The first-order valence-electron chi connectivity index (χ1n) is 8.73. The average molecular weight is 333 g/mol. The summed E-state index contributed by atoms with van der Waals surface area (Å²) in [4.78, 5) is 26.3. The quantitative estimate of drug-likeness (QED) is 0.738. The Morgan fingerprint density at radius 2 is 2.08 bits per heavy atom. The fourth-order valence-electron chi connectivity index (χ4n) is 2.85. The zero-order chi connectivity index (χ0) is 17.4. The van der Waals surface area contributed by atoms with Crippen molar-refractivity contribution in [3.63, 3.8) is 0 Å². The molecule has 0 aliphatic carbocycles. The lowest BCUT2D eigenvalue weighted by atomic mass is 10.0. The van der Waals surface area contributed by atoms with Crippen molar-refractivity contribution in [1.29, 1.82) is 0 Å². The SMILES string of the molecule is CCCC(=O)N1CCCC[C@@H]1C(=O)NCCNc1ccc(C)nn1. The molecule has 1 atom stereocenters. The molecule has 0 saturated carbocycles. The number of nitrogens with zero attached hydrogens (tertiary/aromatic N) is 3. The first-order valence-corrected chi connectivity index (χ1v) is 8.73. The molecule has 2 rings (SSSR count). The smallest absolute Gasteiger partial charge is 0.242 e. The van der Waals surface area contributed by atoms with Crippen molar-refractivity contribution in [3.05, 3.63) is 17.8 Å². The van der Waals surface area contributed by atoms with Gasteiger partial charge in [-0.1, -0.05) is 6.92 Å². The summed E-state index contributed by atoms with van der Waals surface area (Å²) in [6, 6.07) is 3.42. The summed E-state index contributed by atoms with van der Waals surface area (Å²) in [7, 11) is 0. The maximum Gasteiger partial charge on any atom is 0.242 e. The first kappa shape index (κ1) is 18.2. The molecule has 132 valence electrons. The number of rotatable bonds is 7. The van der Waals surface area contributed by atoms with Crippen LogP contribution in [0.5, 0.6) is 0 Å². The van der Waals surface area contributed by atoms with E-state index in [1.54, 1.807) is 4.90 Å². The molecule has 1 aliphatic heterocycles. The van der Waals surface area contributed by atoms with Gasteiger partial charge in [0.2, 0.25) is 11.8 Å². The van der Waals surface area contributed by atoms with Crippen molar-refractivity contribution in [2.24, 2.45) is 0 Å². The van der Waals surface area contributed by atoms with Crippen LogP contribution in [0.3, 0.4) is 0 Å². The van der Waals surface area contributed by atoms with Crippen molar-refractivity contribution in [3.8, 4) is 0 Å². The number of carbonyl (C=O) groups is 2. The van der Waals surface area contributed by atoms with E-state index < -0.39 is 0 Å². The Bertz CT molecular complexity index is 546. The molecular weight excluding hydrogens is 306 g/mol. The third-order valence-electron chi connectivity index (χ3n) is 4.12. The minimum Gasteiger partial charge on any atom is -0.367 e. The molecular formula is C17H27N5O2. The highest BCUT2D eigenvalue weighted by molar-refractivity contribution is 5.87. The van der Waals surface area contributed by atoms with Gasteiger partial charge in [0.05, 0.1) is 5.69 Å². The summed E-state index contributed by atoms with van der Waals surface area (Å²) in [5.41, 5.74) is 0.864. The Kier molecular flexibility index (Phi) is 6.96. The number of hydrogen-bond donors (Lipinski definition) is 2. The molecule has 0 unspecified atom stereocenters. The molecule has 1 fully saturated rings. The second-order valence-electron chi connectivity index (χ2n) is 6.13. The first-order chi connectivity index (χ1) is 11.6. The van der Waals surface area contributed by atoms with E-state index in [9.17, 15) is 9.59 Å². The lowest BCUT2D eigenvalue weighted by Crippen LogP contribution is -2.52. The number of carbonyl (C=O) groups excluding carboxylic acids is 2. The molecule has 7 heteroatoms. The number of aryl methyl sites for hydroxylation is 1. The van der Waals surface area contributed by atoms with Gasteiger partial charge in [0.15, 0.2) is 0 Å². The predicted molar refractivity (Wildman–Crippen MR) is 92.5 cm³/mol. The molecule has 1 aliphatic rings. The van der Waals surface area contributed by atoms with E-state index in [1.165, 1.54) is 0 Å². The third-order valence-corrected chi connectivity index (χ3v) is 4.12. The summed E-state index contributed by atoms with van der Waals surface area (Å²) < 4.78 is 0. The van der Waals surface area contributed by atoms with E-state index in [4.69, 9.17) is 0 Å². The third kappa shape index (κ3) is 5.18. The van der Waals surface area contributed by atoms with Crippen LogP contribution in [0.2, 0.25) is 0 Å². The van der Waals surface area contributed by atoms with Gasteiger partial charge >= 0.3 is 0 Å². The maximum absolute atomic E-state index is 12.4. The van der Waals surface area contributed by atoms with E-state index >= 15 is 0 Å². The lowest BCUT2D eigenvalue weighted by molar-refractivity contribution is -0.142. The van der Waals surface area contributed by atoms with Gasteiger partial charge in [-0.15, -0.1) is 5.10 Å². The van der Waals surface area contributed by atoms with Gasteiger partial charge in [0, 0.05) is 26.1 Å². The van der Waals surface area contributed by atoms with Crippen LogP contribution in [-0.2, 0) is 9.59 Å². The van der Waals surface area contributed by atoms with Crippen LogP contribution < -0.4 is 10.6 Å². The molecule has 0 radical (unpaired) electrons. The summed E-state index contributed by atoms with van der Waals surface area (Å²) >= 11 is 0. The highest BCUT2D eigenvalue weighted by Crippen LogP contribution is 2.18. The summed E-state index contributed by atoms with van der Waals surface area (Å²) in [6.45, 7) is 5.61. The lowest BCUT2D eigenvalue weighted by Gasteiger charge is -2.34. The maximum atomic E-state index is 12.4. The standard InChI is InChI=1S/C17H27N5O2/c1-3-6-16(23)22-12-5-4-7-14(22)17(24)19-11-10-18-15-9-8-13(2)20-21-15/h8-9,14H,3-7,10-12H2,1-2H3,(H,18,21)(H,19,24)/t14-/m1/s1. The van der Waals surface area contributed by atoms with Crippen LogP contribution in [0.15, 0.2) is 12.1 Å². The minimum atomic E-state index is -0.322. The number of anilines is 1. The Morgan fingerprint density at radius 1 is 1.25 bits per heavy atom. The van der Waals surface area contributed by atoms with E-state index in [-0.39, 0.29) is 17.9 Å². The van der Waals surface area contributed by atoms with E-state index in [0.717, 1.165) is 31.4 Å². The fourth-order valence-corrected chi connectivity index (χ4v) is 2.85. The summed E-state index contributed by atoms with van der Waals surface area (Å²) in [6.07, 6.45) is 4.04. The second-order valence-corrected chi connectivity index (χ2v) is 6.13. The van der Waals surface area contributed by atoms with Crippen LogP contribution in [0, 0.1) is 6.92 Å². The molecule has 2 amide bonds. The molecule has 1 saturated heterocycles. The molecule has 1 aromatic rings. The monoisotopic (exact) mass is 333 g/mol. The van der Waals surface area contributed by atoms with Crippen LogP contribution in [0.25, 0.3) is 0 Å². The molecule has 0 spiro atoms. The molecule has 0 aromatic carbocycles. The van der Waals surface area contributed by atoms with Crippen molar-refractivity contribution in [2.45, 2.75) is 52.0 Å². The Hall–Kier alpha value is -2.18. The fraction of sp³-hybridized carbons (Fsp3) is 0.647. The van der Waals surface area contributed by atoms with Crippen LogP contribution >= 0.6 is 0 Å². The summed E-state index contributed by atoms with van der Waals surface area (Å²) in [5, 5.41) is 14.0. The van der Waals surface area contributed by atoms with E-state index in [2.05, 4.69) is 20.8 Å². The summed E-state index contributed by atoms with van der Waals surface area (Å²) in [5.74, 6) is 0.716. The van der Waals surface area contributed by atoms with Crippen molar-refractivity contribution < 1.29 is 9.59 Å². The van der Waals surface area contributed by atoms with Crippen molar-refractivity contribution >= 4 is 17.6 Å². The number of likely N-dealkylation sites (tertiary alicyclic amines) is 1. The van der Waals surface area contributed by atoms with Crippen LogP contribution in [0.4, 0.5) is 5.82 Å². The molecule has 1 aromatic heterocycles. The number of aromatic nitrogens is 2. The highest BCUT2D eigenvalue weighted by Gasteiger charge is 2.31. The Labute approximate surface area is 143 Å². The number of piperidine rings is 1. The Balaban J connectivity index is 1.77. The Morgan fingerprint density at radius 3 is 2.79 bits per heavy atom. The minimum absolute atomic E-state index is 0.0593. The van der Waals surface area contributed by atoms with Gasteiger partial charge in [-0.3, -0.25) is 9.59 Å². The van der Waals surface area contributed by atoms with Gasteiger partial charge in [0.25, 0.3) is 0 Å². The second kappa shape index (κ2) is 9.20. The number of nitrogens with one attached hydrogen (secondary N) is 2. The van der Waals surface area contributed by atoms with E-state index in [1.807, 2.05) is 26.0 Å². The van der Waals surface area contributed by atoms with Crippen molar-refractivity contribution in [1.82, 2.24) is 20.4 Å². The molecule has 24 heavy (non-hydrogen) atoms. The number of hydrogen-bond acceptors (Lipinski definition) is 5. The van der Waals surface area contributed by atoms with Crippen molar-refractivity contribution in [2.75, 3.05) is 25.0 Å². The topological polar surface area (TPSA) is 87.2 Å². The largest absolute Gasteiger partial charge is 0.367 e. The highest BCUT2D eigenvalue weighted by atomic mass is 16.2. The average Bonchev–Trinajstić information content (AvgIpc) is 2.60. The zero-order valence-electron chi connectivity index (χ0n) is 14.5. The molecule has 2 heterocycles. The molecule has 2 N–H and O–H groups in total. The number of amides is 2. The van der Waals surface area contributed by atoms with E-state index in [0.29, 0.717) is 31.9 Å². The van der Waals surface area contributed by atoms with Gasteiger partial charge in [-0.05, 0) is 44.7 Å². The zero-order valence-corrected chi connectivity index (χ0v) is 14.5. The molecule has 0 bridgehead atoms. The predicted octanol–water partition coefficient (Wildman–Crippen LogP) is 1.49. The van der Waals surface area contributed by atoms with Crippen LogP contribution in [-0.4, -0.2) is 52.6 Å². The van der Waals surface area contributed by atoms with Gasteiger partial charge in [0.1, 0.15) is 11.9 Å².